The van der Waals surface area contributed by atoms with Gasteiger partial charge in [0, 0.05) is 13.2 Å². The fourth-order valence-corrected chi connectivity index (χ4v) is 1.71. The summed E-state index contributed by atoms with van der Waals surface area (Å²) >= 11 is 0. The second-order valence-corrected chi connectivity index (χ2v) is 4.59. The fourth-order valence-electron chi connectivity index (χ4n) is 1.71. The van der Waals surface area contributed by atoms with E-state index in [2.05, 4.69) is 5.32 Å². The molecule has 0 heterocycles. The number of aliphatic hydroxyl groups excluding tert-OH is 2. The highest BCUT2D eigenvalue weighted by atomic mass is 16.5. The second kappa shape index (κ2) is 10.2. The SMILES string of the molecule is N#Cc1cccc(OCC(O)CNCCCCCO)c1. The molecule has 0 spiro atoms. The summed E-state index contributed by atoms with van der Waals surface area (Å²) in [4.78, 5) is 0. The van der Waals surface area contributed by atoms with Crippen LogP contribution in [0.4, 0.5) is 0 Å². The summed E-state index contributed by atoms with van der Waals surface area (Å²) in [6.07, 6.45) is 2.21. The first-order chi connectivity index (χ1) is 9.76. The van der Waals surface area contributed by atoms with E-state index in [9.17, 15) is 5.11 Å². The smallest absolute Gasteiger partial charge is 0.120 e. The molecule has 0 saturated carbocycles. The lowest BCUT2D eigenvalue weighted by molar-refractivity contribution is 0.106. The monoisotopic (exact) mass is 278 g/mol. The standard InChI is InChI=1S/C15H22N2O3/c16-10-13-5-4-6-15(9-13)20-12-14(19)11-17-7-2-1-3-8-18/h4-6,9,14,17-19H,1-3,7-8,11-12H2. The Kier molecular flexibility index (Phi) is 8.40. The van der Waals surface area contributed by atoms with Gasteiger partial charge in [-0.15, -0.1) is 0 Å². The summed E-state index contributed by atoms with van der Waals surface area (Å²) in [7, 11) is 0. The van der Waals surface area contributed by atoms with Crippen LogP contribution in [-0.2, 0) is 0 Å². The van der Waals surface area contributed by atoms with E-state index >= 15 is 0 Å². The fraction of sp³-hybridized carbons (Fsp3) is 0.533. The lowest BCUT2D eigenvalue weighted by Gasteiger charge is -2.13. The maximum atomic E-state index is 9.75. The van der Waals surface area contributed by atoms with E-state index in [1.54, 1.807) is 24.3 Å². The van der Waals surface area contributed by atoms with Crippen molar-refractivity contribution in [1.29, 1.82) is 5.26 Å². The molecule has 1 rings (SSSR count). The minimum atomic E-state index is -0.585. The summed E-state index contributed by atoms with van der Waals surface area (Å²) in [6.45, 7) is 1.72. The quantitative estimate of drug-likeness (QED) is 0.557. The molecular formula is C15H22N2O3. The molecule has 0 aliphatic carbocycles. The van der Waals surface area contributed by atoms with Crippen LogP contribution in [-0.4, -0.2) is 42.6 Å². The molecule has 0 bridgehead atoms. The van der Waals surface area contributed by atoms with Gasteiger partial charge < -0.3 is 20.3 Å². The van der Waals surface area contributed by atoms with Gasteiger partial charge in [-0.3, -0.25) is 0 Å². The molecule has 1 atom stereocenters. The molecule has 0 aromatic heterocycles. The third-order valence-electron chi connectivity index (χ3n) is 2.80. The van der Waals surface area contributed by atoms with Crippen molar-refractivity contribution in [1.82, 2.24) is 5.32 Å². The van der Waals surface area contributed by atoms with Gasteiger partial charge in [0.2, 0.25) is 0 Å². The molecule has 0 amide bonds. The van der Waals surface area contributed by atoms with Crippen LogP contribution in [0.15, 0.2) is 24.3 Å². The molecule has 20 heavy (non-hydrogen) atoms. The third kappa shape index (κ3) is 7.10. The van der Waals surface area contributed by atoms with E-state index in [0.717, 1.165) is 25.8 Å². The predicted molar refractivity (Wildman–Crippen MR) is 76.5 cm³/mol. The zero-order valence-electron chi connectivity index (χ0n) is 11.6. The first-order valence-corrected chi connectivity index (χ1v) is 6.89. The maximum Gasteiger partial charge on any atom is 0.120 e. The van der Waals surface area contributed by atoms with Crippen molar-refractivity contribution >= 4 is 0 Å². The first kappa shape index (κ1) is 16.4. The Labute approximate surface area is 119 Å². The van der Waals surface area contributed by atoms with Crippen LogP contribution in [0.3, 0.4) is 0 Å². The topological polar surface area (TPSA) is 85.5 Å². The van der Waals surface area contributed by atoms with Gasteiger partial charge in [-0.25, -0.2) is 0 Å². The molecule has 5 heteroatoms. The number of nitrogens with one attached hydrogen (secondary N) is 1. The highest BCUT2D eigenvalue weighted by Crippen LogP contribution is 2.12. The Morgan fingerprint density at radius 3 is 2.90 bits per heavy atom. The van der Waals surface area contributed by atoms with Gasteiger partial charge in [-0.05, 0) is 44.0 Å². The van der Waals surface area contributed by atoms with Crippen molar-refractivity contribution in [3.8, 4) is 11.8 Å². The van der Waals surface area contributed by atoms with E-state index in [0.29, 0.717) is 17.9 Å². The molecule has 0 aliphatic heterocycles. The Bertz CT molecular complexity index is 418. The number of ether oxygens (including phenoxy) is 1. The summed E-state index contributed by atoms with van der Waals surface area (Å²) in [5.41, 5.74) is 0.541. The predicted octanol–water partition coefficient (Wildman–Crippen LogP) is 1.05. The van der Waals surface area contributed by atoms with Crippen molar-refractivity contribution in [2.45, 2.75) is 25.4 Å². The van der Waals surface area contributed by atoms with E-state index in [-0.39, 0.29) is 13.2 Å². The van der Waals surface area contributed by atoms with Crippen molar-refractivity contribution in [3.63, 3.8) is 0 Å². The van der Waals surface area contributed by atoms with Crippen molar-refractivity contribution in [3.05, 3.63) is 29.8 Å². The average Bonchev–Trinajstić information content (AvgIpc) is 2.49. The van der Waals surface area contributed by atoms with Crippen molar-refractivity contribution in [2.24, 2.45) is 0 Å². The number of nitriles is 1. The second-order valence-electron chi connectivity index (χ2n) is 4.59. The summed E-state index contributed by atoms with van der Waals surface area (Å²) < 4.78 is 5.43. The van der Waals surface area contributed by atoms with E-state index in [4.69, 9.17) is 15.1 Å². The zero-order valence-corrected chi connectivity index (χ0v) is 11.6. The molecule has 1 aromatic carbocycles. The molecule has 5 nitrogen and oxygen atoms in total. The number of unbranched alkanes of at least 4 members (excludes halogenated alkanes) is 2. The van der Waals surface area contributed by atoms with E-state index in [1.165, 1.54) is 0 Å². The van der Waals surface area contributed by atoms with E-state index in [1.807, 2.05) is 6.07 Å². The molecule has 0 saturated heterocycles. The van der Waals surface area contributed by atoms with Crippen molar-refractivity contribution < 1.29 is 14.9 Å². The van der Waals surface area contributed by atoms with Crippen LogP contribution < -0.4 is 10.1 Å². The van der Waals surface area contributed by atoms with E-state index < -0.39 is 6.10 Å². The highest BCUT2D eigenvalue weighted by Gasteiger charge is 2.05. The minimum absolute atomic E-state index is 0.193. The summed E-state index contributed by atoms with van der Waals surface area (Å²) in [5, 5.41) is 30.3. The van der Waals surface area contributed by atoms with Gasteiger partial charge in [0.25, 0.3) is 0 Å². The molecule has 110 valence electrons. The Morgan fingerprint density at radius 2 is 2.15 bits per heavy atom. The van der Waals surface area contributed by atoms with Crippen LogP contribution in [0, 0.1) is 11.3 Å². The zero-order chi connectivity index (χ0) is 14.6. The maximum absolute atomic E-state index is 9.75. The molecule has 3 N–H and O–H groups in total. The largest absolute Gasteiger partial charge is 0.491 e. The van der Waals surface area contributed by atoms with Gasteiger partial charge in [-0.2, -0.15) is 5.26 Å². The lowest BCUT2D eigenvalue weighted by Crippen LogP contribution is -2.32. The Hall–Kier alpha value is -1.61. The summed E-state index contributed by atoms with van der Waals surface area (Å²) in [6, 6.07) is 8.90. The summed E-state index contributed by atoms with van der Waals surface area (Å²) in [5.74, 6) is 0.589. The molecule has 0 radical (unpaired) electrons. The van der Waals surface area contributed by atoms with Crippen LogP contribution in [0.1, 0.15) is 24.8 Å². The first-order valence-electron chi connectivity index (χ1n) is 6.89. The number of hydrogen-bond acceptors (Lipinski definition) is 5. The molecular weight excluding hydrogens is 256 g/mol. The number of rotatable bonds is 10. The number of nitrogens with zero attached hydrogens (tertiary/aromatic N) is 1. The number of aliphatic hydroxyl groups is 2. The van der Waals surface area contributed by atoms with Crippen LogP contribution in [0.25, 0.3) is 0 Å². The number of hydrogen-bond donors (Lipinski definition) is 3. The molecule has 0 aliphatic rings. The van der Waals surface area contributed by atoms with Crippen LogP contribution >= 0.6 is 0 Å². The minimum Gasteiger partial charge on any atom is -0.491 e. The number of benzene rings is 1. The molecule has 0 fully saturated rings. The van der Waals surface area contributed by atoms with Crippen LogP contribution in [0.2, 0.25) is 0 Å². The Balaban J connectivity index is 2.13. The Morgan fingerprint density at radius 1 is 1.30 bits per heavy atom. The van der Waals surface area contributed by atoms with Gasteiger partial charge in [0.15, 0.2) is 0 Å². The average molecular weight is 278 g/mol. The lowest BCUT2D eigenvalue weighted by atomic mass is 10.2. The molecule has 1 aromatic rings. The van der Waals surface area contributed by atoms with Crippen LogP contribution in [0.5, 0.6) is 5.75 Å². The van der Waals surface area contributed by atoms with Gasteiger partial charge in [-0.1, -0.05) is 6.07 Å². The van der Waals surface area contributed by atoms with Gasteiger partial charge in [0.05, 0.1) is 11.6 Å². The third-order valence-corrected chi connectivity index (χ3v) is 2.80. The van der Waals surface area contributed by atoms with Gasteiger partial charge >= 0.3 is 0 Å². The normalized spacial score (nSPS) is 11.8. The highest BCUT2D eigenvalue weighted by molar-refractivity contribution is 5.36. The molecule has 1 unspecified atom stereocenters. The van der Waals surface area contributed by atoms with Crippen molar-refractivity contribution in [2.75, 3.05) is 26.3 Å². The van der Waals surface area contributed by atoms with Gasteiger partial charge in [0.1, 0.15) is 18.5 Å².